The molecule has 0 unspecified atom stereocenters. The van der Waals surface area contributed by atoms with Crippen LogP contribution in [0, 0.1) is 10.1 Å². The van der Waals surface area contributed by atoms with Crippen molar-refractivity contribution in [2.75, 3.05) is 39.9 Å². The lowest BCUT2D eigenvalue weighted by Gasteiger charge is -2.34. The Labute approximate surface area is 202 Å². The Kier molecular flexibility index (Phi) is 6.90. The van der Waals surface area contributed by atoms with Gasteiger partial charge in [-0.1, -0.05) is 30.3 Å². The van der Waals surface area contributed by atoms with Gasteiger partial charge in [0.1, 0.15) is 5.56 Å². The van der Waals surface area contributed by atoms with Crippen LogP contribution in [-0.2, 0) is 10.0 Å². The number of amides is 1. The van der Waals surface area contributed by atoms with E-state index in [9.17, 15) is 23.3 Å². The molecule has 0 saturated carbocycles. The number of piperazine rings is 1. The number of nitrogens with zero attached hydrogens (tertiary/aromatic N) is 3. The molecular weight excluding hydrogens is 474 g/mol. The molecule has 1 saturated heterocycles. The summed E-state index contributed by atoms with van der Waals surface area (Å²) in [5, 5.41) is 13.4. The molecule has 184 valence electrons. The predicted octanol–water partition coefficient (Wildman–Crippen LogP) is 3.30. The molecule has 0 bridgehead atoms. The lowest BCUT2D eigenvalue weighted by atomic mass is 10.1. The largest absolute Gasteiger partial charge is 0.493 e. The van der Waals surface area contributed by atoms with E-state index in [0.717, 1.165) is 10.8 Å². The topological polar surface area (TPSA) is 119 Å². The Balaban J connectivity index is 1.54. The Bertz CT molecular complexity index is 1380. The van der Waals surface area contributed by atoms with Gasteiger partial charge in [-0.2, -0.15) is 4.31 Å². The molecule has 1 amide bonds. The first-order chi connectivity index (χ1) is 16.8. The van der Waals surface area contributed by atoms with E-state index in [0.29, 0.717) is 0 Å². The third-order valence-corrected chi connectivity index (χ3v) is 7.79. The van der Waals surface area contributed by atoms with Gasteiger partial charge in [0.15, 0.2) is 11.5 Å². The van der Waals surface area contributed by atoms with E-state index < -0.39 is 26.5 Å². The van der Waals surface area contributed by atoms with Crippen LogP contribution in [0.25, 0.3) is 10.8 Å². The minimum atomic E-state index is -3.76. The standard InChI is InChI=1S/C24H25N3O7S/c1-3-34-23-15-20(21(27(29)30)16-22(23)33-2)24(28)25-10-12-26(13-11-25)35(31,32)19-9-8-17-6-4-5-7-18(17)14-19/h4-9,14-16H,3,10-13H2,1-2H3. The highest BCUT2D eigenvalue weighted by Crippen LogP contribution is 2.35. The molecule has 0 radical (unpaired) electrons. The second-order valence-corrected chi connectivity index (χ2v) is 9.85. The monoisotopic (exact) mass is 499 g/mol. The maximum Gasteiger partial charge on any atom is 0.286 e. The van der Waals surface area contributed by atoms with Crippen LogP contribution in [-0.4, -0.2) is 68.3 Å². The molecule has 1 heterocycles. The van der Waals surface area contributed by atoms with E-state index in [-0.39, 0.29) is 54.7 Å². The molecule has 3 aromatic rings. The smallest absolute Gasteiger partial charge is 0.286 e. The molecule has 11 heteroatoms. The first-order valence-electron chi connectivity index (χ1n) is 11.0. The van der Waals surface area contributed by atoms with Crippen molar-refractivity contribution in [3.8, 4) is 11.5 Å². The lowest BCUT2D eigenvalue weighted by molar-refractivity contribution is -0.385. The third kappa shape index (κ3) is 4.77. The summed E-state index contributed by atoms with van der Waals surface area (Å²) in [7, 11) is -2.40. The number of fused-ring (bicyclic) bond motifs is 1. The molecule has 4 rings (SSSR count). The second-order valence-electron chi connectivity index (χ2n) is 7.92. The molecule has 0 atom stereocenters. The maximum absolute atomic E-state index is 13.2. The number of carbonyl (C=O) groups is 1. The first kappa shape index (κ1) is 24.4. The molecule has 0 N–H and O–H groups in total. The van der Waals surface area contributed by atoms with Crippen molar-refractivity contribution in [2.45, 2.75) is 11.8 Å². The first-order valence-corrected chi connectivity index (χ1v) is 12.5. The Hall–Kier alpha value is -3.70. The van der Waals surface area contributed by atoms with Crippen molar-refractivity contribution < 1.29 is 27.6 Å². The zero-order valence-corrected chi connectivity index (χ0v) is 20.2. The van der Waals surface area contributed by atoms with Gasteiger partial charge in [0.05, 0.1) is 29.6 Å². The van der Waals surface area contributed by atoms with Gasteiger partial charge in [-0.15, -0.1) is 0 Å². The van der Waals surface area contributed by atoms with Gasteiger partial charge >= 0.3 is 0 Å². The average molecular weight is 500 g/mol. The summed E-state index contributed by atoms with van der Waals surface area (Å²) in [5.41, 5.74) is -0.536. The van der Waals surface area contributed by atoms with Crippen molar-refractivity contribution >= 4 is 32.4 Å². The van der Waals surface area contributed by atoms with Crippen molar-refractivity contribution in [3.05, 3.63) is 70.3 Å². The quantitative estimate of drug-likeness (QED) is 0.361. The van der Waals surface area contributed by atoms with E-state index in [1.807, 2.05) is 24.3 Å². The van der Waals surface area contributed by atoms with Crippen LogP contribution >= 0.6 is 0 Å². The van der Waals surface area contributed by atoms with Crippen LogP contribution in [0.15, 0.2) is 59.5 Å². The molecule has 1 aliphatic rings. The molecular formula is C24H25N3O7S. The van der Waals surface area contributed by atoms with Gasteiger partial charge in [0.2, 0.25) is 10.0 Å². The van der Waals surface area contributed by atoms with Gasteiger partial charge in [-0.25, -0.2) is 8.42 Å². The van der Waals surface area contributed by atoms with Crippen LogP contribution < -0.4 is 9.47 Å². The average Bonchev–Trinajstić information content (AvgIpc) is 2.87. The molecule has 35 heavy (non-hydrogen) atoms. The van der Waals surface area contributed by atoms with E-state index in [4.69, 9.17) is 9.47 Å². The molecule has 0 spiro atoms. The molecule has 0 aromatic heterocycles. The van der Waals surface area contributed by atoms with Crippen molar-refractivity contribution in [1.29, 1.82) is 0 Å². The number of hydrogen-bond donors (Lipinski definition) is 0. The van der Waals surface area contributed by atoms with Crippen molar-refractivity contribution in [1.82, 2.24) is 9.21 Å². The summed E-state index contributed by atoms with van der Waals surface area (Å²) in [5.74, 6) is -0.189. The highest BCUT2D eigenvalue weighted by molar-refractivity contribution is 7.89. The summed E-state index contributed by atoms with van der Waals surface area (Å²) >= 11 is 0. The number of rotatable bonds is 7. The molecule has 1 fully saturated rings. The fourth-order valence-electron chi connectivity index (χ4n) is 4.08. The molecule has 10 nitrogen and oxygen atoms in total. The summed E-state index contributed by atoms with van der Waals surface area (Å²) < 4.78 is 38.4. The highest BCUT2D eigenvalue weighted by atomic mass is 32.2. The van der Waals surface area contributed by atoms with Gasteiger partial charge in [-0.3, -0.25) is 14.9 Å². The van der Waals surface area contributed by atoms with Crippen LogP contribution in [0.1, 0.15) is 17.3 Å². The number of methoxy groups -OCH3 is 1. The third-order valence-electron chi connectivity index (χ3n) is 5.89. The van der Waals surface area contributed by atoms with E-state index in [1.54, 1.807) is 25.1 Å². The van der Waals surface area contributed by atoms with E-state index in [1.165, 1.54) is 28.4 Å². The van der Waals surface area contributed by atoms with Gasteiger partial charge in [-0.05, 0) is 29.8 Å². The van der Waals surface area contributed by atoms with Gasteiger partial charge in [0.25, 0.3) is 11.6 Å². The molecule has 0 aliphatic carbocycles. The maximum atomic E-state index is 13.2. The summed E-state index contributed by atoms with van der Waals surface area (Å²) in [6.45, 7) is 2.37. The van der Waals surface area contributed by atoms with E-state index >= 15 is 0 Å². The number of hydrogen-bond acceptors (Lipinski definition) is 7. The second kappa shape index (κ2) is 9.88. The number of carbonyl (C=O) groups excluding carboxylic acids is 1. The van der Waals surface area contributed by atoms with Crippen LogP contribution in [0.5, 0.6) is 11.5 Å². The SMILES string of the molecule is CCOc1cc(C(=O)N2CCN(S(=O)(=O)c3ccc4ccccc4c3)CC2)c([N+](=O)[O-])cc1OC. The fourth-order valence-corrected chi connectivity index (χ4v) is 5.54. The van der Waals surface area contributed by atoms with Crippen LogP contribution in [0.3, 0.4) is 0 Å². The Morgan fingerprint density at radius 2 is 1.69 bits per heavy atom. The number of benzene rings is 3. The van der Waals surface area contributed by atoms with Gasteiger partial charge < -0.3 is 14.4 Å². The highest BCUT2D eigenvalue weighted by Gasteiger charge is 2.33. The number of sulfonamides is 1. The van der Waals surface area contributed by atoms with Crippen LogP contribution in [0.2, 0.25) is 0 Å². The lowest BCUT2D eigenvalue weighted by Crippen LogP contribution is -2.50. The zero-order chi connectivity index (χ0) is 25.2. The molecule has 1 aliphatic heterocycles. The molecule has 3 aromatic carbocycles. The van der Waals surface area contributed by atoms with Crippen molar-refractivity contribution in [3.63, 3.8) is 0 Å². The Morgan fingerprint density at radius 3 is 2.31 bits per heavy atom. The number of ether oxygens (including phenoxy) is 2. The summed E-state index contributed by atoms with van der Waals surface area (Å²) in [4.78, 5) is 25.8. The van der Waals surface area contributed by atoms with E-state index in [2.05, 4.69) is 0 Å². The number of nitro groups is 1. The fraction of sp³-hybridized carbons (Fsp3) is 0.292. The van der Waals surface area contributed by atoms with Gasteiger partial charge in [0, 0.05) is 32.2 Å². The van der Waals surface area contributed by atoms with Crippen LogP contribution in [0.4, 0.5) is 5.69 Å². The normalized spacial score (nSPS) is 14.6. The Morgan fingerprint density at radius 1 is 1.00 bits per heavy atom. The number of nitro benzene ring substituents is 1. The minimum Gasteiger partial charge on any atom is -0.493 e. The zero-order valence-electron chi connectivity index (χ0n) is 19.3. The predicted molar refractivity (Wildman–Crippen MR) is 129 cm³/mol. The summed E-state index contributed by atoms with van der Waals surface area (Å²) in [6.07, 6.45) is 0. The van der Waals surface area contributed by atoms with Crippen molar-refractivity contribution in [2.24, 2.45) is 0 Å². The summed E-state index contributed by atoms with van der Waals surface area (Å²) in [6, 6.07) is 14.9. The minimum absolute atomic E-state index is 0.0726.